The van der Waals surface area contributed by atoms with E-state index in [0.717, 1.165) is 77.6 Å². The topological polar surface area (TPSA) is 54.0 Å². The van der Waals surface area contributed by atoms with Gasteiger partial charge in [0.15, 0.2) is 0 Å². The summed E-state index contributed by atoms with van der Waals surface area (Å²) in [7, 11) is 1.70. The van der Waals surface area contributed by atoms with E-state index in [4.69, 9.17) is 9.47 Å². The van der Waals surface area contributed by atoms with Gasteiger partial charge in [0.2, 0.25) is 5.91 Å². The summed E-state index contributed by atoms with van der Waals surface area (Å²) in [5.74, 6) is 1.28. The Morgan fingerprint density at radius 1 is 1.19 bits per heavy atom. The number of morpholine rings is 1. The zero-order chi connectivity index (χ0) is 18.2. The van der Waals surface area contributed by atoms with E-state index in [1.165, 1.54) is 5.56 Å². The van der Waals surface area contributed by atoms with Crippen molar-refractivity contribution in [1.82, 2.24) is 15.1 Å². The molecule has 144 valence electrons. The number of benzene rings is 1. The smallest absolute Gasteiger partial charge is 0.223 e. The van der Waals surface area contributed by atoms with Gasteiger partial charge in [-0.1, -0.05) is 12.1 Å². The Hall–Kier alpha value is -1.63. The number of carbonyl (C=O) groups excluding carboxylic acids is 1. The van der Waals surface area contributed by atoms with Crippen molar-refractivity contribution in [2.75, 3.05) is 59.6 Å². The van der Waals surface area contributed by atoms with Gasteiger partial charge in [-0.25, -0.2) is 0 Å². The molecule has 26 heavy (non-hydrogen) atoms. The van der Waals surface area contributed by atoms with Crippen molar-refractivity contribution in [1.29, 1.82) is 0 Å². The zero-order valence-corrected chi connectivity index (χ0v) is 15.8. The van der Waals surface area contributed by atoms with Crippen LogP contribution in [0.2, 0.25) is 0 Å². The minimum absolute atomic E-state index is 0.154. The second-order valence-electron chi connectivity index (χ2n) is 7.15. The van der Waals surface area contributed by atoms with Gasteiger partial charge in [0.1, 0.15) is 5.75 Å². The molecular formula is C20H31N3O3. The van der Waals surface area contributed by atoms with Crippen molar-refractivity contribution < 1.29 is 14.3 Å². The van der Waals surface area contributed by atoms with Crippen LogP contribution in [0.1, 0.15) is 18.4 Å². The number of rotatable bonds is 7. The summed E-state index contributed by atoms with van der Waals surface area (Å²) in [6, 6.07) is 8.22. The number of piperidine rings is 1. The maximum Gasteiger partial charge on any atom is 0.223 e. The monoisotopic (exact) mass is 361 g/mol. The number of hydrogen-bond donors (Lipinski definition) is 1. The lowest BCUT2D eigenvalue weighted by molar-refractivity contribution is -0.126. The van der Waals surface area contributed by atoms with Crippen molar-refractivity contribution in [2.45, 2.75) is 19.4 Å². The predicted molar refractivity (Wildman–Crippen MR) is 101 cm³/mol. The van der Waals surface area contributed by atoms with Crippen LogP contribution in [0.3, 0.4) is 0 Å². The van der Waals surface area contributed by atoms with Crippen LogP contribution in [0.5, 0.6) is 5.75 Å². The molecule has 6 heteroatoms. The van der Waals surface area contributed by atoms with Crippen molar-refractivity contribution >= 4 is 5.91 Å². The summed E-state index contributed by atoms with van der Waals surface area (Å²) in [4.78, 5) is 17.2. The van der Waals surface area contributed by atoms with Gasteiger partial charge in [0.05, 0.1) is 20.3 Å². The first-order valence-electron chi connectivity index (χ1n) is 9.67. The van der Waals surface area contributed by atoms with E-state index in [0.29, 0.717) is 0 Å². The normalized spacial score (nSPS) is 20.0. The molecule has 0 aliphatic carbocycles. The van der Waals surface area contributed by atoms with E-state index in [1.54, 1.807) is 7.11 Å². The van der Waals surface area contributed by atoms with Crippen LogP contribution in [0.4, 0.5) is 0 Å². The fourth-order valence-corrected chi connectivity index (χ4v) is 3.69. The summed E-state index contributed by atoms with van der Waals surface area (Å²) in [5, 5.41) is 3.12. The lowest BCUT2D eigenvalue weighted by Crippen LogP contribution is -2.44. The Balaban J connectivity index is 1.35. The van der Waals surface area contributed by atoms with E-state index >= 15 is 0 Å². The molecule has 2 fully saturated rings. The van der Waals surface area contributed by atoms with Crippen LogP contribution < -0.4 is 10.1 Å². The van der Waals surface area contributed by atoms with E-state index in [9.17, 15) is 4.79 Å². The molecule has 0 unspecified atom stereocenters. The first-order chi connectivity index (χ1) is 12.7. The highest BCUT2D eigenvalue weighted by molar-refractivity contribution is 5.78. The third kappa shape index (κ3) is 5.69. The van der Waals surface area contributed by atoms with Crippen molar-refractivity contribution in [2.24, 2.45) is 5.92 Å². The second-order valence-corrected chi connectivity index (χ2v) is 7.15. The average molecular weight is 361 g/mol. The Bertz CT molecular complexity index is 567. The summed E-state index contributed by atoms with van der Waals surface area (Å²) < 4.78 is 10.6. The number of amides is 1. The number of likely N-dealkylation sites (tertiary alicyclic amines) is 1. The van der Waals surface area contributed by atoms with Crippen LogP contribution in [0.15, 0.2) is 24.3 Å². The molecule has 6 nitrogen and oxygen atoms in total. The maximum atomic E-state index is 12.4. The molecule has 0 spiro atoms. The minimum atomic E-state index is 0.154. The van der Waals surface area contributed by atoms with Crippen LogP contribution in [-0.4, -0.2) is 75.3 Å². The molecule has 2 heterocycles. The van der Waals surface area contributed by atoms with Crippen LogP contribution in [0.25, 0.3) is 0 Å². The molecule has 0 atom stereocenters. The van der Waals surface area contributed by atoms with Gasteiger partial charge in [0.25, 0.3) is 0 Å². The van der Waals surface area contributed by atoms with E-state index in [-0.39, 0.29) is 11.8 Å². The first kappa shape index (κ1) is 19.1. The molecule has 0 aromatic heterocycles. The zero-order valence-electron chi connectivity index (χ0n) is 15.8. The molecular weight excluding hydrogens is 330 g/mol. The molecule has 1 N–H and O–H groups in total. The highest BCUT2D eigenvalue weighted by Gasteiger charge is 2.25. The van der Waals surface area contributed by atoms with E-state index < -0.39 is 0 Å². The van der Waals surface area contributed by atoms with Crippen molar-refractivity contribution in [3.63, 3.8) is 0 Å². The van der Waals surface area contributed by atoms with Gasteiger partial charge in [-0.05, 0) is 43.6 Å². The van der Waals surface area contributed by atoms with Gasteiger partial charge in [0, 0.05) is 38.6 Å². The summed E-state index contributed by atoms with van der Waals surface area (Å²) in [6.07, 6.45) is 1.88. The van der Waals surface area contributed by atoms with Crippen LogP contribution in [-0.2, 0) is 16.1 Å². The molecule has 1 amide bonds. The number of hydrogen-bond acceptors (Lipinski definition) is 5. The van der Waals surface area contributed by atoms with Crippen LogP contribution >= 0.6 is 0 Å². The Kier molecular flexibility index (Phi) is 7.29. The molecule has 2 aliphatic heterocycles. The highest BCUT2D eigenvalue weighted by atomic mass is 16.5. The van der Waals surface area contributed by atoms with Gasteiger partial charge in [-0.15, -0.1) is 0 Å². The van der Waals surface area contributed by atoms with Gasteiger partial charge in [-0.2, -0.15) is 0 Å². The number of nitrogens with one attached hydrogen (secondary N) is 1. The molecule has 0 saturated carbocycles. The summed E-state index contributed by atoms with van der Waals surface area (Å²) in [6.45, 7) is 8.07. The fourth-order valence-electron chi connectivity index (χ4n) is 3.69. The number of ether oxygens (including phenoxy) is 2. The Labute approximate surface area is 156 Å². The molecule has 0 bridgehead atoms. The summed E-state index contributed by atoms with van der Waals surface area (Å²) >= 11 is 0. The average Bonchev–Trinajstić information content (AvgIpc) is 2.69. The Morgan fingerprint density at radius 3 is 2.69 bits per heavy atom. The SMILES string of the molecule is COc1cccc(CN2CCC(C(=O)NCCN3CCOCC3)CC2)c1. The standard InChI is InChI=1S/C20H31N3O3/c1-25-19-4-2-3-17(15-19)16-23-8-5-18(6-9-23)20(24)21-7-10-22-11-13-26-14-12-22/h2-4,15,18H,5-14,16H2,1H3,(H,21,24). The highest BCUT2D eigenvalue weighted by Crippen LogP contribution is 2.20. The van der Waals surface area contributed by atoms with E-state index in [2.05, 4.69) is 27.2 Å². The largest absolute Gasteiger partial charge is 0.497 e. The number of methoxy groups -OCH3 is 1. The molecule has 3 rings (SSSR count). The molecule has 1 aromatic carbocycles. The van der Waals surface area contributed by atoms with Crippen molar-refractivity contribution in [3.8, 4) is 5.75 Å². The van der Waals surface area contributed by atoms with Gasteiger partial charge < -0.3 is 14.8 Å². The van der Waals surface area contributed by atoms with Gasteiger partial charge in [-0.3, -0.25) is 14.6 Å². The van der Waals surface area contributed by atoms with Crippen molar-refractivity contribution in [3.05, 3.63) is 29.8 Å². The minimum Gasteiger partial charge on any atom is -0.497 e. The second kappa shape index (κ2) is 9.90. The third-order valence-corrected chi connectivity index (χ3v) is 5.33. The lowest BCUT2D eigenvalue weighted by Gasteiger charge is -2.31. The fraction of sp³-hybridized carbons (Fsp3) is 0.650. The maximum absolute atomic E-state index is 12.4. The summed E-state index contributed by atoms with van der Waals surface area (Å²) in [5.41, 5.74) is 1.26. The lowest BCUT2D eigenvalue weighted by atomic mass is 9.95. The molecule has 2 aliphatic rings. The predicted octanol–water partition coefficient (Wildman–Crippen LogP) is 1.36. The number of nitrogens with zero attached hydrogens (tertiary/aromatic N) is 2. The third-order valence-electron chi connectivity index (χ3n) is 5.33. The molecule has 0 radical (unpaired) electrons. The number of carbonyl (C=O) groups is 1. The first-order valence-corrected chi connectivity index (χ1v) is 9.67. The van der Waals surface area contributed by atoms with E-state index in [1.807, 2.05) is 12.1 Å². The van der Waals surface area contributed by atoms with Gasteiger partial charge >= 0.3 is 0 Å². The quantitative estimate of drug-likeness (QED) is 0.795. The molecule has 2 saturated heterocycles. The molecule has 1 aromatic rings. The van der Waals surface area contributed by atoms with Crippen LogP contribution in [0, 0.1) is 5.92 Å². The Morgan fingerprint density at radius 2 is 1.96 bits per heavy atom.